The Labute approximate surface area is 198 Å². The van der Waals surface area contributed by atoms with E-state index < -0.39 is 15.9 Å². The molecule has 1 fully saturated rings. The largest absolute Gasteiger partial charge is 0.493 e. The standard InChI is InChI=1S/C22H26Cl2N2O5S/c1-30-20-11-9-17(13-21(20)31-2)32(28,29)26(16-6-4-3-5-7-16)14-22(27)25-15-8-10-18(23)19(24)12-15/h8-13,16H,3-7,14H2,1-2H3,(H,25,27). The number of hydrogen-bond donors (Lipinski definition) is 1. The molecule has 0 heterocycles. The molecule has 0 saturated heterocycles. The molecule has 0 aromatic heterocycles. The molecule has 0 radical (unpaired) electrons. The molecule has 174 valence electrons. The first-order valence-electron chi connectivity index (χ1n) is 10.2. The number of carbonyl (C=O) groups excluding carboxylic acids is 1. The number of nitrogens with zero attached hydrogens (tertiary/aromatic N) is 1. The maximum absolute atomic E-state index is 13.6. The molecule has 0 atom stereocenters. The van der Waals surface area contributed by atoms with E-state index in [4.69, 9.17) is 32.7 Å². The van der Waals surface area contributed by atoms with Crippen molar-refractivity contribution in [1.82, 2.24) is 4.31 Å². The second kappa shape index (κ2) is 10.7. The predicted octanol–water partition coefficient (Wildman–Crippen LogP) is 4.97. The number of amides is 1. The van der Waals surface area contributed by atoms with E-state index >= 15 is 0 Å². The summed E-state index contributed by atoms with van der Waals surface area (Å²) in [6.07, 6.45) is 4.28. The van der Waals surface area contributed by atoms with Crippen LogP contribution in [0.3, 0.4) is 0 Å². The highest BCUT2D eigenvalue weighted by molar-refractivity contribution is 7.89. The maximum Gasteiger partial charge on any atom is 0.243 e. The van der Waals surface area contributed by atoms with Gasteiger partial charge in [-0.3, -0.25) is 4.79 Å². The number of hydrogen-bond acceptors (Lipinski definition) is 5. The quantitative estimate of drug-likeness (QED) is 0.552. The molecule has 32 heavy (non-hydrogen) atoms. The zero-order valence-corrected chi connectivity index (χ0v) is 20.3. The first kappa shape index (κ1) is 24.6. The SMILES string of the molecule is COc1ccc(S(=O)(=O)N(CC(=O)Nc2ccc(Cl)c(Cl)c2)C2CCCCC2)cc1OC. The van der Waals surface area contributed by atoms with Crippen molar-refractivity contribution in [2.75, 3.05) is 26.1 Å². The van der Waals surface area contributed by atoms with Gasteiger partial charge in [0.2, 0.25) is 15.9 Å². The van der Waals surface area contributed by atoms with Gasteiger partial charge in [-0.25, -0.2) is 8.42 Å². The lowest BCUT2D eigenvalue weighted by Crippen LogP contribution is -2.45. The van der Waals surface area contributed by atoms with Gasteiger partial charge in [0.1, 0.15) is 0 Å². The minimum atomic E-state index is -3.97. The van der Waals surface area contributed by atoms with Crippen molar-refractivity contribution in [3.05, 3.63) is 46.4 Å². The molecule has 10 heteroatoms. The summed E-state index contributed by atoms with van der Waals surface area (Å²) in [4.78, 5) is 12.9. The molecule has 1 aliphatic rings. The first-order valence-corrected chi connectivity index (χ1v) is 12.4. The third-order valence-corrected chi connectivity index (χ3v) is 8.08. The number of ether oxygens (including phenoxy) is 2. The molecule has 1 N–H and O–H groups in total. The van der Waals surface area contributed by atoms with Crippen LogP contribution in [0.1, 0.15) is 32.1 Å². The summed E-state index contributed by atoms with van der Waals surface area (Å²) in [5, 5.41) is 3.37. The Hall–Kier alpha value is -2.00. The molecule has 0 unspecified atom stereocenters. The molecule has 1 saturated carbocycles. The van der Waals surface area contributed by atoms with Gasteiger partial charge < -0.3 is 14.8 Å². The lowest BCUT2D eigenvalue weighted by molar-refractivity contribution is -0.116. The molecular formula is C22H26Cl2N2O5S. The van der Waals surface area contributed by atoms with Crippen LogP contribution in [0.15, 0.2) is 41.3 Å². The minimum Gasteiger partial charge on any atom is -0.493 e. The van der Waals surface area contributed by atoms with Gasteiger partial charge in [-0.2, -0.15) is 4.31 Å². The predicted molar refractivity (Wildman–Crippen MR) is 125 cm³/mol. The van der Waals surface area contributed by atoms with Gasteiger partial charge in [0, 0.05) is 17.8 Å². The van der Waals surface area contributed by atoms with Crippen LogP contribution in [-0.2, 0) is 14.8 Å². The summed E-state index contributed by atoms with van der Waals surface area (Å²) >= 11 is 11.9. The zero-order valence-electron chi connectivity index (χ0n) is 17.9. The van der Waals surface area contributed by atoms with Gasteiger partial charge in [-0.05, 0) is 43.2 Å². The molecule has 0 spiro atoms. The summed E-state index contributed by atoms with van der Waals surface area (Å²) in [7, 11) is -1.05. The van der Waals surface area contributed by atoms with Crippen molar-refractivity contribution < 1.29 is 22.7 Å². The van der Waals surface area contributed by atoms with Crippen LogP contribution < -0.4 is 14.8 Å². The Morgan fingerprint density at radius 2 is 1.69 bits per heavy atom. The fraction of sp³-hybridized carbons (Fsp3) is 0.409. The van der Waals surface area contributed by atoms with Crippen LogP contribution in [0.2, 0.25) is 10.0 Å². The van der Waals surface area contributed by atoms with Crippen LogP contribution in [0.5, 0.6) is 11.5 Å². The lowest BCUT2D eigenvalue weighted by Gasteiger charge is -2.33. The summed E-state index contributed by atoms with van der Waals surface area (Å²) in [5.41, 5.74) is 0.441. The van der Waals surface area contributed by atoms with Crippen LogP contribution in [-0.4, -0.2) is 45.4 Å². The van der Waals surface area contributed by atoms with E-state index in [-0.39, 0.29) is 17.5 Å². The third-order valence-electron chi connectivity index (χ3n) is 5.45. The van der Waals surface area contributed by atoms with Gasteiger partial charge in [-0.15, -0.1) is 0 Å². The van der Waals surface area contributed by atoms with Gasteiger partial charge >= 0.3 is 0 Å². The molecule has 2 aromatic rings. The van der Waals surface area contributed by atoms with Crippen molar-refractivity contribution in [3.63, 3.8) is 0 Å². The summed E-state index contributed by atoms with van der Waals surface area (Å²) < 4.78 is 39.0. The Balaban J connectivity index is 1.89. The average Bonchev–Trinajstić information content (AvgIpc) is 2.79. The third kappa shape index (κ3) is 5.67. The monoisotopic (exact) mass is 500 g/mol. The first-order chi connectivity index (χ1) is 15.3. The summed E-state index contributed by atoms with van der Waals surface area (Å²) in [6.45, 7) is -0.318. The molecule has 0 bridgehead atoms. The fourth-order valence-corrected chi connectivity index (χ4v) is 5.76. The van der Waals surface area contributed by atoms with E-state index in [0.717, 1.165) is 19.3 Å². The number of anilines is 1. The Bertz CT molecular complexity index is 1070. The Morgan fingerprint density at radius 3 is 2.31 bits per heavy atom. The number of carbonyl (C=O) groups is 1. The van der Waals surface area contributed by atoms with Crippen LogP contribution in [0.25, 0.3) is 0 Å². The molecular weight excluding hydrogens is 475 g/mol. The number of halogens is 2. The Kier molecular flexibility index (Phi) is 8.27. The van der Waals surface area contributed by atoms with Gasteiger partial charge in [0.25, 0.3) is 0 Å². The molecule has 1 aliphatic carbocycles. The molecule has 0 aliphatic heterocycles. The van der Waals surface area contributed by atoms with Gasteiger partial charge in [0.05, 0.1) is 35.7 Å². The highest BCUT2D eigenvalue weighted by atomic mass is 35.5. The summed E-state index contributed by atoms with van der Waals surface area (Å²) in [6, 6.07) is 8.86. The van der Waals surface area contributed by atoms with Crippen molar-refractivity contribution in [2.45, 2.75) is 43.0 Å². The fourth-order valence-electron chi connectivity index (χ4n) is 3.81. The van der Waals surface area contributed by atoms with E-state index in [1.807, 2.05) is 0 Å². The van der Waals surface area contributed by atoms with E-state index in [1.54, 1.807) is 18.2 Å². The van der Waals surface area contributed by atoms with E-state index in [0.29, 0.717) is 40.1 Å². The average molecular weight is 501 g/mol. The zero-order chi connectivity index (χ0) is 23.3. The number of benzene rings is 2. The minimum absolute atomic E-state index is 0.0445. The Morgan fingerprint density at radius 1 is 1.00 bits per heavy atom. The molecule has 7 nitrogen and oxygen atoms in total. The van der Waals surface area contributed by atoms with Crippen molar-refractivity contribution >= 4 is 44.8 Å². The number of sulfonamides is 1. The van der Waals surface area contributed by atoms with E-state index in [9.17, 15) is 13.2 Å². The lowest BCUT2D eigenvalue weighted by atomic mass is 9.95. The van der Waals surface area contributed by atoms with Crippen LogP contribution in [0.4, 0.5) is 5.69 Å². The number of methoxy groups -OCH3 is 2. The van der Waals surface area contributed by atoms with Gasteiger partial charge in [0.15, 0.2) is 11.5 Å². The molecule has 3 rings (SSSR count). The van der Waals surface area contributed by atoms with Gasteiger partial charge in [-0.1, -0.05) is 42.5 Å². The van der Waals surface area contributed by atoms with Crippen molar-refractivity contribution in [3.8, 4) is 11.5 Å². The summed E-state index contributed by atoms with van der Waals surface area (Å²) in [5.74, 6) is 0.267. The number of rotatable bonds is 8. The normalized spacial score (nSPS) is 14.9. The maximum atomic E-state index is 13.6. The second-order valence-corrected chi connectivity index (χ2v) is 10.2. The van der Waals surface area contributed by atoms with Crippen molar-refractivity contribution in [1.29, 1.82) is 0 Å². The highest BCUT2D eigenvalue weighted by Gasteiger charge is 2.34. The number of nitrogens with one attached hydrogen (secondary N) is 1. The van der Waals surface area contributed by atoms with Crippen LogP contribution in [0, 0.1) is 0 Å². The molecule has 1 amide bonds. The smallest absolute Gasteiger partial charge is 0.243 e. The molecule has 2 aromatic carbocycles. The van der Waals surface area contributed by atoms with E-state index in [1.165, 1.54) is 36.7 Å². The van der Waals surface area contributed by atoms with E-state index in [2.05, 4.69) is 5.32 Å². The highest BCUT2D eigenvalue weighted by Crippen LogP contribution is 2.33. The van der Waals surface area contributed by atoms with Crippen LogP contribution >= 0.6 is 23.2 Å². The van der Waals surface area contributed by atoms with Crippen molar-refractivity contribution in [2.24, 2.45) is 0 Å². The second-order valence-electron chi connectivity index (χ2n) is 7.54. The topological polar surface area (TPSA) is 84.9 Å².